The van der Waals surface area contributed by atoms with Gasteiger partial charge in [-0.15, -0.1) is 0 Å². The molecule has 4 heterocycles. The summed E-state index contributed by atoms with van der Waals surface area (Å²) in [7, 11) is -3.43. The van der Waals surface area contributed by atoms with Gasteiger partial charge < -0.3 is 10.3 Å². The van der Waals surface area contributed by atoms with Gasteiger partial charge in [-0.25, -0.2) is 17.5 Å². The second-order valence-corrected chi connectivity index (χ2v) is 14.2. The summed E-state index contributed by atoms with van der Waals surface area (Å²) in [6.07, 6.45) is 6.46. The van der Waals surface area contributed by atoms with E-state index in [2.05, 4.69) is 35.2 Å². The van der Waals surface area contributed by atoms with Gasteiger partial charge in [0.15, 0.2) is 0 Å². The molecule has 1 amide bonds. The van der Waals surface area contributed by atoms with E-state index in [1.807, 2.05) is 57.2 Å². The highest BCUT2D eigenvalue weighted by molar-refractivity contribution is 7.88. The zero-order chi connectivity index (χ0) is 31.9. The molecule has 4 N–H and O–H groups in total. The fourth-order valence-electron chi connectivity index (χ4n) is 5.27. The Morgan fingerprint density at radius 2 is 1.78 bits per heavy atom. The van der Waals surface area contributed by atoms with E-state index in [9.17, 15) is 17.6 Å². The van der Waals surface area contributed by atoms with Crippen molar-refractivity contribution in [3.05, 3.63) is 84.6 Å². The topological polar surface area (TPSA) is 146 Å². The Bertz CT molecular complexity index is 2180. The Morgan fingerprint density at radius 3 is 2.56 bits per heavy atom. The number of halogens is 1. The van der Waals surface area contributed by atoms with E-state index < -0.39 is 15.8 Å². The number of hydrogen-bond acceptors (Lipinski definition) is 6. The predicted molar refractivity (Wildman–Crippen MR) is 174 cm³/mol. The standard InChI is InChI=1S/C33H32FN7O3S/c1-33(2,3)14-31(42)38-23-11-21(16-35-17-23)28-13-26-30(18-36-28)40-41-32(26)29-12-25-24(6-5-7-27(25)39-29)20-8-19(9-22(34)10-20)15-37-45(4,43)44/h5-13,16-18,37,39H,14-15H2,1-4H3,(H,38,42)(H,40,41). The van der Waals surface area contributed by atoms with Crippen LogP contribution in [-0.4, -0.2) is 45.7 Å². The molecule has 0 fully saturated rings. The average molecular weight is 626 g/mol. The summed E-state index contributed by atoms with van der Waals surface area (Å²) < 4.78 is 40.2. The molecule has 0 unspecified atom stereocenters. The van der Waals surface area contributed by atoms with Crippen LogP contribution in [0.4, 0.5) is 10.1 Å². The number of fused-ring (bicyclic) bond motifs is 2. The summed E-state index contributed by atoms with van der Waals surface area (Å²) in [4.78, 5) is 24.8. The lowest BCUT2D eigenvalue weighted by Gasteiger charge is -2.17. The molecular formula is C33H32FN7O3S. The highest BCUT2D eigenvalue weighted by atomic mass is 32.2. The van der Waals surface area contributed by atoms with Gasteiger partial charge in [-0.3, -0.25) is 19.9 Å². The summed E-state index contributed by atoms with van der Waals surface area (Å²) in [6.45, 7) is 6.01. The van der Waals surface area contributed by atoms with Crippen LogP contribution in [0.1, 0.15) is 32.8 Å². The van der Waals surface area contributed by atoms with E-state index in [4.69, 9.17) is 0 Å². The zero-order valence-electron chi connectivity index (χ0n) is 25.2. The van der Waals surface area contributed by atoms with Crippen molar-refractivity contribution in [3.63, 3.8) is 0 Å². The van der Waals surface area contributed by atoms with Gasteiger partial charge in [0.25, 0.3) is 0 Å². The molecule has 2 aromatic carbocycles. The molecule has 0 spiro atoms. The molecular weight excluding hydrogens is 593 g/mol. The van der Waals surface area contributed by atoms with Crippen LogP contribution in [0.3, 0.4) is 0 Å². The van der Waals surface area contributed by atoms with Gasteiger partial charge in [0.05, 0.1) is 41.2 Å². The Kier molecular flexibility index (Phi) is 7.71. The van der Waals surface area contributed by atoms with Crippen LogP contribution < -0.4 is 10.0 Å². The third-order valence-electron chi connectivity index (χ3n) is 7.18. The summed E-state index contributed by atoms with van der Waals surface area (Å²) in [5.74, 6) is -0.545. The van der Waals surface area contributed by atoms with Crippen molar-refractivity contribution in [2.75, 3.05) is 11.6 Å². The molecule has 0 aliphatic heterocycles. The lowest BCUT2D eigenvalue weighted by Crippen LogP contribution is -2.21. The SMILES string of the molecule is CC(C)(C)CC(=O)Nc1cncc(-c2cc3c(-c4cc5c(-c6cc(F)cc(CNS(C)(=O)=O)c6)cccc5[nH]4)n[nH]c3cn2)c1. The van der Waals surface area contributed by atoms with Crippen molar-refractivity contribution < 1.29 is 17.6 Å². The average Bonchev–Trinajstić information content (AvgIpc) is 3.58. The van der Waals surface area contributed by atoms with Crippen LogP contribution in [0, 0.1) is 11.2 Å². The van der Waals surface area contributed by atoms with Gasteiger partial charge in [0, 0.05) is 41.0 Å². The van der Waals surface area contributed by atoms with Crippen molar-refractivity contribution >= 4 is 43.4 Å². The molecule has 45 heavy (non-hydrogen) atoms. The first-order valence-electron chi connectivity index (χ1n) is 14.3. The number of nitrogens with one attached hydrogen (secondary N) is 4. The minimum atomic E-state index is -3.43. The summed E-state index contributed by atoms with van der Waals surface area (Å²) in [6, 6.07) is 16.0. The number of benzene rings is 2. The lowest BCUT2D eigenvalue weighted by molar-refractivity contribution is -0.117. The maximum absolute atomic E-state index is 14.6. The minimum absolute atomic E-state index is 0.0186. The summed E-state index contributed by atoms with van der Waals surface area (Å²) in [5.41, 5.74) is 6.76. The quantitative estimate of drug-likeness (QED) is 0.154. The fraction of sp³-hybridized carbons (Fsp3) is 0.212. The van der Waals surface area contributed by atoms with Crippen LogP contribution in [0.25, 0.3) is 55.6 Å². The van der Waals surface area contributed by atoms with Crippen LogP contribution in [-0.2, 0) is 21.4 Å². The van der Waals surface area contributed by atoms with E-state index in [0.717, 1.165) is 44.9 Å². The summed E-state index contributed by atoms with van der Waals surface area (Å²) in [5, 5.41) is 12.2. The lowest BCUT2D eigenvalue weighted by atomic mass is 9.92. The number of rotatable bonds is 8. The number of H-pyrrole nitrogens is 2. The van der Waals surface area contributed by atoms with Gasteiger partial charge in [-0.2, -0.15) is 5.10 Å². The first-order valence-corrected chi connectivity index (χ1v) is 16.2. The van der Waals surface area contributed by atoms with Crippen molar-refractivity contribution in [1.29, 1.82) is 0 Å². The Hall–Kier alpha value is -4.94. The number of aromatic nitrogens is 5. The molecule has 12 heteroatoms. The van der Waals surface area contributed by atoms with Gasteiger partial charge in [-0.1, -0.05) is 32.9 Å². The van der Waals surface area contributed by atoms with Gasteiger partial charge in [-0.05, 0) is 64.6 Å². The first-order chi connectivity index (χ1) is 21.3. The Morgan fingerprint density at radius 1 is 0.956 bits per heavy atom. The molecule has 230 valence electrons. The van der Waals surface area contributed by atoms with Crippen molar-refractivity contribution in [1.82, 2.24) is 29.9 Å². The number of anilines is 1. The monoisotopic (exact) mass is 625 g/mol. The number of pyridine rings is 2. The number of aromatic amines is 2. The minimum Gasteiger partial charge on any atom is -0.353 e. The molecule has 6 aromatic rings. The molecule has 0 bridgehead atoms. The highest BCUT2D eigenvalue weighted by Gasteiger charge is 2.18. The summed E-state index contributed by atoms with van der Waals surface area (Å²) >= 11 is 0. The highest BCUT2D eigenvalue weighted by Crippen LogP contribution is 2.35. The van der Waals surface area contributed by atoms with E-state index in [0.29, 0.717) is 34.6 Å². The molecule has 0 aliphatic carbocycles. The molecule has 0 radical (unpaired) electrons. The molecule has 0 saturated carbocycles. The van der Waals surface area contributed by atoms with Gasteiger partial charge >= 0.3 is 0 Å². The number of carbonyl (C=O) groups excluding carboxylic acids is 1. The molecule has 4 aromatic heterocycles. The number of carbonyl (C=O) groups is 1. The van der Waals surface area contributed by atoms with E-state index >= 15 is 0 Å². The van der Waals surface area contributed by atoms with Crippen LogP contribution in [0.15, 0.2) is 73.2 Å². The zero-order valence-corrected chi connectivity index (χ0v) is 26.0. The second-order valence-electron chi connectivity index (χ2n) is 12.3. The van der Waals surface area contributed by atoms with Crippen LogP contribution >= 0.6 is 0 Å². The van der Waals surface area contributed by atoms with E-state index in [1.54, 1.807) is 24.7 Å². The number of nitrogens with zero attached hydrogens (tertiary/aromatic N) is 3. The normalized spacial score (nSPS) is 12.2. The van der Waals surface area contributed by atoms with Crippen molar-refractivity contribution in [2.24, 2.45) is 5.41 Å². The third-order valence-corrected chi connectivity index (χ3v) is 7.85. The maximum atomic E-state index is 14.6. The number of sulfonamides is 1. The van der Waals surface area contributed by atoms with Gasteiger partial charge in [0.1, 0.15) is 11.5 Å². The van der Waals surface area contributed by atoms with E-state index in [-0.39, 0.29) is 17.9 Å². The number of amides is 1. The maximum Gasteiger partial charge on any atom is 0.224 e. The molecule has 6 rings (SSSR count). The van der Waals surface area contributed by atoms with Crippen LogP contribution in [0.5, 0.6) is 0 Å². The van der Waals surface area contributed by atoms with Crippen LogP contribution in [0.2, 0.25) is 0 Å². The second kappa shape index (κ2) is 11.5. The number of hydrogen-bond donors (Lipinski definition) is 4. The Balaban J connectivity index is 1.34. The van der Waals surface area contributed by atoms with E-state index in [1.165, 1.54) is 12.1 Å². The Labute approximate surface area is 259 Å². The molecule has 0 aliphatic rings. The molecule has 0 saturated heterocycles. The third kappa shape index (κ3) is 6.92. The van der Waals surface area contributed by atoms with Crippen molar-refractivity contribution in [2.45, 2.75) is 33.7 Å². The largest absolute Gasteiger partial charge is 0.353 e. The van der Waals surface area contributed by atoms with Gasteiger partial charge in [0.2, 0.25) is 15.9 Å². The fourth-order valence-corrected chi connectivity index (χ4v) is 5.70. The van der Waals surface area contributed by atoms with Crippen molar-refractivity contribution in [3.8, 4) is 33.8 Å². The predicted octanol–water partition coefficient (Wildman–Crippen LogP) is 6.40. The molecule has 10 nitrogen and oxygen atoms in total. The first kappa shape index (κ1) is 30.1. The smallest absolute Gasteiger partial charge is 0.224 e. The molecule has 0 atom stereocenters.